The number of aliphatic hydroxyl groups excluding tert-OH is 4. The molecule has 0 saturated carbocycles. The van der Waals surface area contributed by atoms with Gasteiger partial charge in [0.15, 0.2) is 17.3 Å². The van der Waals surface area contributed by atoms with Crippen molar-refractivity contribution in [3.8, 4) is 40.1 Å². The van der Waals surface area contributed by atoms with Gasteiger partial charge in [-0.2, -0.15) is 0 Å². The van der Waals surface area contributed by atoms with Gasteiger partial charge in [0.2, 0.25) is 23.2 Å². The van der Waals surface area contributed by atoms with Crippen molar-refractivity contribution in [3.05, 3.63) is 40.6 Å². The van der Waals surface area contributed by atoms with Gasteiger partial charge in [0.1, 0.15) is 35.7 Å². The second kappa shape index (κ2) is 9.00. The van der Waals surface area contributed by atoms with E-state index in [9.17, 15) is 40.5 Å². The van der Waals surface area contributed by atoms with E-state index in [4.69, 9.17) is 18.6 Å². The van der Waals surface area contributed by atoms with E-state index in [0.29, 0.717) is 0 Å². The molecule has 1 fully saturated rings. The van der Waals surface area contributed by atoms with Gasteiger partial charge in [0.05, 0.1) is 19.1 Å². The molecular formula is C22H22O12. The largest absolute Gasteiger partial charge is 0.508 e. The first kappa shape index (κ1) is 23.6. The Morgan fingerprint density at radius 2 is 1.62 bits per heavy atom. The van der Waals surface area contributed by atoms with Crippen LogP contribution in [0.25, 0.3) is 22.3 Å². The minimum atomic E-state index is -1.82. The molecule has 1 aliphatic heterocycles. The normalized spacial score (nSPS) is 24.8. The zero-order valence-electron chi connectivity index (χ0n) is 17.7. The molecular weight excluding hydrogens is 456 g/mol. The van der Waals surface area contributed by atoms with E-state index in [-0.39, 0.29) is 33.8 Å². The molecule has 0 bridgehead atoms. The van der Waals surface area contributed by atoms with E-state index in [1.807, 2.05) is 0 Å². The zero-order valence-corrected chi connectivity index (χ0v) is 17.7. The molecule has 0 aliphatic carbocycles. The van der Waals surface area contributed by atoms with Gasteiger partial charge < -0.3 is 54.4 Å². The van der Waals surface area contributed by atoms with Crippen molar-refractivity contribution in [2.24, 2.45) is 0 Å². The number of rotatable bonds is 5. The summed E-state index contributed by atoms with van der Waals surface area (Å²) in [6, 6.07) is 5.91. The van der Waals surface area contributed by atoms with Gasteiger partial charge in [-0.3, -0.25) is 4.79 Å². The summed E-state index contributed by atoms with van der Waals surface area (Å²) in [6.45, 7) is -0.719. The van der Waals surface area contributed by atoms with E-state index in [0.717, 1.165) is 12.1 Å². The third-order valence-corrected chi connectivity index (χ3v) is 5.43. The third kappa shape index (κ3) is 3.97. The van der Waals surface area contributed by atoms with E-state index >= 15 is 0 Å². The summed E-state index contributed by atoms with van der Waals surface area (Å²) in [5.74, 6) is -2.28. The molecule has 2 aromatic carbocycles. The van der Waals surface area contributed by atoms with Crippen molar-refractivity contribution in [2.75, 3.05) is 13.7 Å². The second-order valence-corrected chi connectivity index (χ2v) is 7.63. The van der Waals surface area contributed by atoms with Gasteiger partial charge in [0.25, 0.3) is 0 Å². The molecule has 4 rings (SSSR count). The molecule has 1 aliphatic rings. The molecule has 7 N–H and O–H groups in total. The number of phenolic OH excluding ortho intramolecular Hbond substituents is 3. The molecule has 0 amide bonds. The van der Waals surface area contributed by atoms with Crippen molar-refractivity contribution in [1.29, 1.82) is 0 Å². The zero-order chi connectivity index (χ0) is 24.7. The smallest absolute Gasteiger partial charge is 0.235 e. The van der Waals surface area contributed by atoms with Crippen LogP contribution in [0.3, 0.4) is 0 Å². The van der Waals surface area contributed by atoms with Gasteiger partial charge in [0, 0.05) is 11.6 Å². The Hall–Kier alpha value is -3.55. The van der Waals surface area contributed by atoms with Gasteiger partial charge in [-0.25, -0.2) is 0 Å². The van der Waals surface area contributed by atoms with Crippen LogP contribution in [0.1, 0.15) is 0 Å². The first-order chi connectivity index (χ1) is 16.2. The highest BCUT2D eigenvalue weighted by molar-refractivity contribution is 5.83. The fraction of sp³-hybridized carbons (Fsp3) is 0.318. The van der Waals surface area contributed by atoms with E-state index in [1.165, 1.54) is 25.3 Å². The predicted molar refractivity (Wildman–Crippen MR) is 114 cm³/mol. The molecule has 1 saturated heterocycles. The number of fused-ring (bicyclic) bond motifs is 1. The summed E-state index contributed by atoms with van der Waals surface area (Å²) in [5, 5.41) is 70.0. The van der Waals surface area contributed by atoms with Gasteiger partial charge in [-0.05, 0) is 24.3 Å². The number of benzene rings is 2. The first-order valence-electron chi connectivity index (χ1n) is 10.0. The number of aliphatic hydroxyl groups is 4. The van der Waals surface area contributed by atoms with Crippen molar-refractivity contribution >= 4 is 11.0 Å². The van der Waals surface area contributed by atoms with Crippen molar-refractivity contribution in [1.82, 2.24) is 0 Å². The number of phenols is 3. The number of methoxy groups -OCH3 is 1. The first-order valence-corrected chi connectivity index (χ1v) is 10.0. The van der Waals surface area contributed by atoms with Crippen LogP contribution in [0.4, 0.5) is 0 Å². The number of aromatic hydroxyl groups is 3. The van der Waals surface area contributed by atoms with Crippen LogP contribution in [-0.2, 0) is 4.74 Å². The standard InChI is InChI=1S/C22H22O12/c1-31-20-11(25)4-8(5-12(20)26)19-21(15(27)10-3-2-9(24)6-13(10)32-19)34-22-18(30)17(29)16(28)14(7-23)33-22/h2-6,14,16-18,22-26,28-30H,7H2,1H3. The van der Waals surface area contributed by atoms with Crippen LogP contribution in [0.15, 0.2) is 39.5 Å². The lowest BCUT2D eigenvalue weighted by Crippen LogP contribution is -2.60. The maximum atomic E-state index is 13.3. The van der Waals surface area contributed by atoms with E-state index in [2.05, 4.69) is 0 Å². The fourth-order valence-electron chi connectivity index (χ4n) is 3.68. The Morgan fingerprint density at radius 1 is 0.941 bits per heavy atom. The maximum Gasteiger partial charge on any atom is 0.235 e. The SMILES string of the molecule is COc1c(O)cc(-c2oc3cc(O)ccc3c(=O)c2OC2OC(CO)C(O)C(O)C2O)cc1O. The van der Waals surface area contributed by atoms with Gasteiger partial charge in [-0.15, -0.1) is 0 Å². The highest BCUT2D eigenvalue weighted by Crippen LogP contribution is 2.42. The van der Waals surface area contributed by atoms with Crippen LogP contribution in [0.5, 0.6) is 28.7 Å². The van der Waals surface area contributed by atoms with Gasteiger partial charge >= 0.3 is 0 Å². The molecule has 182 valence electrons. The lowest BCUT2D eigenvalue weighted by Gasteiger charge is -2.39. The molecule has 0 radical (unpaired) electrons. The lowest BCUT2D eigenvalue weighted by atomic mass is 9.99. The lowest BCUT2D eigenvalue weighted by molar-refractivity contribution is -0.277. The molecule has 1 aromatic heterocycles. The van der Waals surface area contributed by atoms with Gasteiger partial charge in [-0.1, -0.05) is 0 Å². The molecule has 12 nitrogen and oxygen atoms in total. The van der Waals surface area contributed by atoms with Crippen LogP contribution < -0.4 is 14.9 Å². The topological polar surface area (TPSA) is 200 Å². The summed E-state index contributed by atoms with van der Waals surface area (Å²) in [5.41, 5.74) is -0.878. The number of hydrogen-bond donors (Lipinski definition) is 7. The fourth-order valence-corrected chi connectivity index (χ4v) is 3.68. The van der Waals surface area contributed by atoms with Crippen LogP contribution in [-0.4, -0.2) is 80.2 Å². The van der Waals surface area contributed by atoms with Crippen LogP contribution in [0.2, 0.25) is 0 Å². The van der Waals surface area contributed by atoms with Crippen LogP contribution in [0, 0.1) is 0 Å². The highest BCUT2D eigenvalue weighted by Gasteiger charge is 2.45. The molecule has 0 spiro atoms. The monoisotopic (exact) mass is 478 g/mol. The quantitative estimate of drug-likeness (QED) is 0.254. The summed E-state index contributed by atoms with van der Waals surface area (Å²) >= 11 is 0. The molecule has 12 heteroatoms. The molecule has 34 heavy (non-hydrogen) atoms. The Labute approximate surface area is 191 Å². The predicted octanol–water partition coefficient (Wildman–Crippen LogP) is -0.236. The Balaban J connectivity index is 1.90. The number of hydrogen-bond acceptors (Lipinski definition) is 12. The van der Waals surface area contributed by atoms with Crippen LogP contribution >= 0.6 is 0 Å². The minimum absolute atomic E-state index is 0.0249. The number of ether oxygens (including phenoxy) is 3. The Morgan fingerprint density at radius 3 is 2.24 bits per heavy atom. The second-order valence-electron chi connectivity index (χ2n) is 7.63. The van der Waals surface area contributed by atoms with Crippen molar-refractivity contribution in [2.45, 2.75) is 30.7 Å². The minimum Gasteiger partial charge on any atom is -0.508 e. The summed E-state index contributed by atoms with van der Waals surface area (Å²) < 4.78 is 21.6. The Kier molecular flexibility index (Phi) is 6.25. The summed E-state index contributed by atoms with van der Waals surface area (Å²) in [7, 11) is 1.22. The molecule has 5 atom stereocenters. The summed E-state index contributed by atoms with van der Waals surface area (Å²) in [4.78, 5) is 13.3. The molecule has 2 heterocycles. The van der Waals surface area contributed by atoms with Crippen molar-refractivity contribution in [3.63, 3.8) is 0 Å². The van der Waals surface area contributed by atoms with E-state index in [1.54, 1.807) is 0 Å². The van der Waals surface area contributed by atoms with Crippen molar-refractivity contribution < 1.29 is 54.4 Å². The average molecular weight is 478 g/mol. The van der Waals surface area contributed by atoms with E-state index < -0.39 is 60.0 Å². The molecule has 3 aromatic rings. The highest BCUT2D eigenvalue weighted by atomic mass is 16.7. The Bertz CT molecular complexity index is 1240. The summed E-state index contributed by atoms with van der Waals surface area (Å²) in [6.07, 6.45) is -8.25. The molecule has 5 unspecified atom stereocenters. The maximum absolute atomic E-state index is 13.3. The third-order valence-electron chi connectivity index (χ3n) is 5.43. The average Bonchev–Trinajstić information content (AvgIpc) is 2.80.